The lowest BCUT2D eigenvalue weighted by atomic mass is 10.1. The summed E-state index contributed by atoms with van der Waals surface area (Å²) in [7, 11) is 0.411. The van der Waals surface area contributed by atoms with Crippen molar-refractivity contribution in [3.63, 3.8) is 0 Å². The highest BCUT2D eigenvalue weighted by Gasteiger charge is 2.21. The Morgan fingerprint density at radius 3 is 2.50 bits per heavy atom. The normalized spacial score (nSPS) is 11.1. The summed E-state index contributed by atoms with van der Waals surface area (Å²) >= 11 is 0. The maximum atomic E-state index is 12.9. The van der Waals surface area contributed by atoms with Gasteiger partial charge in [0.15, 0.2) is 0 Å². The number of ether oxygens (including phenoxy) is 2. The summed E-state index contributed by atoms with van der Waals surface area (Å²) in [6.45, 7) is 0. The fraction of sp³-hybridized carbons (Fsp3) is 0.158. The zero-order valence-corrected chi connectivity index (χ0v) is 16.3. The van der Waals surface area contributed by atoms with E-state index < -0.39 is 10.0 Å². The van der Waals surface area contributed by atoms with Gasteiger partial charge in [-0.2, -0.15) is 0 Å². The first-order valence-electron chi connectivity index (χ1n) is 8.24. The SMILES string of the molecule is CNC(=O)c1ccc2ncc(NS(=O)(=O)c3cc(OC)ccc3OC)cc2c1. The monoisotopic (exact) mass is 401 g/mol. The molecule has 0 atom stereocenters. The summed E-state index contributed by atoms with van der Waals surface area (Å²) in [6, 6.07) is 11.1. The number of sulfonamides is 1. The van der Waals surface area contributed by atoms with E-state index in [0.717, 1.165) is 0 Å². The third kappa shape index (κ3) is 3.84. The van der Waals surface area contributed by atoms with Crippen LogP contribution in [0.5, 0.6) is 11.5 Å². The molecule has 0 aliphatic carbocycles. The molecule has 0 saturated carbocycles. The number of fused-ring (bicyclic) bond motifs is 1. The van der Waals surface area contributed by atoms with E-state index in [0.29, 0.717) is 22.2 Å². The number of nitrogens with zero attached hydrogens (tertiary/aromatic N) is 1. The van der Waals surface area contributed by atoms with Crippen LogP contribution in [0.4, 0.5) is 5.69 Å². The van der Waals surface area contributed by atoms with Crippen LogP contribution in [0.3, 0.4) is 0 Å². The number of aromatic nitrogens is 1. The molecule has 0 spiro atoms. The number of benzene rings is 2. The fourth-order valence-corrected chi connectivity index (χ4v) is 3.90. The molecule has 8 nitrogen and oxygen atoms in total. The van der Waals surface area contributed by atoms with Gasteiger partial charge in [0.1, 0.15) is 16.4 Å². The molecule has 146 valence electrons. The van der Waals surface area contributed by atoms with Crippen molar-refractivity contribution >= 4 is 32.5 Å². The molecule has 1 amide bonds. The summed E-state index contributed by atoms with van der Waals surface area (Å²) in [5.41, 5.74) is 1.34. The van der Waals surface area contributed by atoms with Crippen LogP contribution in [0.15, 0.2) is 53.6 Å². The molecule has 3 aromatic rings. The van der Waals surface area contributed by atoms with Crippen LogP contribution in [-0.4, -0.2) is 40.6 Å². The van der Waals surface area contributed by atoms with Crippen molar-refractivity contribution in [1.82, 2.24) is 10.3 Å². The molecule has 0 radical (unpaired) electrons. The van der Waals surface area contributed by atoms with Crippen LogP contribution in [-0.2, 0) is 10.0 Å². The predicted octanol–water partition coefficient (Wildman–Crippen LogP) is 2.41. The smallest absolute Gasteiger partial charge is 0.265 e. The highest BCUT2D eigenvalue weighted by molar-refractivity contribution is 7.92. The van der Waals surface area contributed by atoms with Crippen LogP contribution < -0.4 is 19.5 Å². The van der Waals surface area contributed by atoms with Crippen molar-refractivity contribution in [2.75, 3.05) is 26.0 Å². The summed E-state index contributed by atoms with van der Waals surface area (Å²) in [6.07, 6.45) is 1.41. The van der Waals surface area contributed by atoms with Gasteiger partial charge in [0.25, 0.3) is 15.9 Å². The molecule has 2 aromatic carbocycles. The van der Waals surface area contributed by atoms with E-state index in [9.17, 15) is 13.2 Å². The average molecular weight is 401 g/mol. The van der Waals surface area contributed by atoms with Crippen LogP contribution in [0.1, 0.15) is 10.4 Å². The lowest BCUT2D eigenvalue weighted by molar-refractivity contribution is 0.0963. The second kappa shape index (κ2) is 7.73. The van der Waals surface area contributed by atoms with Gasteiger partial charge in [0.05, 0.1) is 31.6 Å². The van der Waals surface area contributed by atoms with Gasteiger partial charge in [0, 0.05) is 24.1 Å². The number of pyridine rings is 1. The Hall–Kier alpha value is -3.33. The fourth-order valence-electron chi connectivity index (χ4n) is 2.68. The molecule has 0 aliphatic heterocycles. The van der Waals surface area contributed by atoms with Gasteiger partial charge in [-0.05, 0) is 36.4 Å². The average Bonchev–Trinajstić information content (AvgIpc) is 2.71. The number of hydrogen-bond donors (Lipinski definition) is 2. The second-order valence-electron chi connectivity index (χ2n) is 5.83. The molecular weight excluding hydrogens is 382 g/mol. The summed E-state index contributed by atoms with van der Waals surface area (Å²) in [4.78, 5) is 16.0. The second-order valence-corrected chi connectivity index (χ2v) is 7.48. The standard InChI is InChI=1S/C19H19N3O5S/c1-20-19(23)12-4-6-16-13(8-12)9-14(11-21-16)22-28(24,25)18-10-15(26-2)5-7-17(18)27-3/h4-11,22H,1-3H3,(H,20,23). The Kier molecular flexibility index (Phi) is 5.36. The molecule has 1 heterocycles. The maximum Gasteiger partial charge on any atom is 0.265 e. The molecule has 0 bridgehead atoms. The molecule has 2 N–H and O–H groups in total. The summed E-state index contributed by atoms with van der Waals surface area (Å²) in [5, 5.41) is 3.17. The summed E-state index contributed by atoms with van der Waals surface area (Å²) < 4.78 is 38.5. The number of methoxy groups -OCH3 is 2. The molecular formula is C19H19N3O5S. The number of amides is 1. The Labute approximate surface area is 162 Å². The first-order chi connectivity index (χ1) is 13.4. The van der Waals surface area contributed by atoms with E-state index in [1.54, 1.807) is 30.3 Å². The van der Waals surface area contributed by atoms with E-state index in [2.05, 4.69) is 15.0 Å². The van der Waals surface area contributed by atoms with Gasteiger partial charge in [-0.3, -0.25) is 14.5 Å². The van der Waals surface area contributed by atoms with Crippen molar-refractivity contribution in [3.05, 3.63) is 54.2 Å². The molecule has 0 unspecified atom stereocenters. The van der Waals surface area contributed by atoms with Gasteiger partial charge in [-0.1, -0.05) is 0 Å². The minimum atomic E-state index is -3.96. The lowest BCUT2D eigenvalue weighted by Gasteiger charge is -2.13. The third-order valence-corrected chi connectivity index (χ3v) is 5.49. The molecule has 0 fully saturated rings. The zero-order chi connectivity index (χ0) is 20.3. The minimum Gasteiger partial charge on any atom is -0.497 e. The predicted molar refractivity (Wildman–Crippen MR) is 105 cm³/mol. The van der Waals surface area contributed by atoms with E-state index >= 15 is 0 Å². The topological polar surface area (TPSA) is 107 Å². The van der Waals surface area contributed by atoms with Gasteiger partial charge < -0.3 is 14.8 Å². The van der Waals surface area contributed by atoms with Crippen LogP contribution in [0.25, 0.3) is 10.9 Å². The van der Waals surface area contributed by atoms with Crippen LogP contribution >= 0.6 is 0 Å². The van der Waals surface area contributed by atoms with E-state index in [4.69, 9.17) is 9.47 Å². The quantitative estimate of drug-likeness (QED) is 0.657. The molecule has 28 heavy (non-hydrogen) atoms. The van der Waals surface area contributed by atoms with Crippen molar-refractivity contribution in [1.29, 1.82) is 0 Å². The Morgan fingerprint density at radius 2 is 1.82 bits per heavy atom. The van der Waals surface area contributed by atoms with Gasteiger partial charge in [-0.15, -0.1) is 0 Å². The van der Waals surface area contributed by atoms with E-state index in [1.165, 1.54) is 39.6 Å². The van der Waals surface area contributed by atoms with Crippen molar-refractivity contribution in [3.8, 4) is 11.5 Å². The molecule has 0 aliphatic rings. The molecule has 9 heteroatoms. The van der Waals surface area contributed by atoms with Crippen molar-refractivity contribution in [2.24, 2.45) is 0 Å². The number of rotatable bonds is 6. The number of carbonyl (C=O) groups is 1. The largest absolute Gasteiger partial charge is 0.497 e. The van der Waals surface area contributed by atoms with Gasteiger partial charge in [0.2, 0.25) is 0 Å². The highest BCUT2D eigenvalue weighted by Crippen LogP contribution is 2.30. The molecule has 3 rings (SSSR count). The first-order valence-corrected chi connectivity index (χ1v) is 9.73. The Morgan fingerprint density at radius 1 is 1.04 bits per heavy atom. The number of anilines is 1. The number of nitrogens with one attached hydrogen (secondary N) is 2. The third-order valence-electron chi connectivity index (χ3n) is 4.08. The zero-order valence-electron chi connectivity index (χ0n) is 15.5. The first kappa shape index (κ1) is 19.4. The van der Waals surface area contributed by atoms with Gasteiger partial charge in [-0.25, -0.2) is 8.42 Å². The van der Waals surface area contributed by atoms with E-state index in [1.807, 2.05) is 0 Å². The van der Waals surface area contributed by atoms with Crippen LogP contribution in [0.2, 0.25) is 0 Å². The Bertz CT molecular complexity index is 1150. The summed E-state index contributed by atoms with van der Waals surface area (Å²) in [5.74, 6) is 0.325. The lowest BCUT2D eigenvalue weighted by Crippen LogP contribution is -2.17. The van der Waals surface area contributed by atoms with Gasteiger partial charge >= 0.3 is 0 Å². The van der Waals surface area contributed by atoms with Crippen LogP contribution in [0, 0.1) is 0 Å². The Balaban J connectivity index is 2.00. The maximum absolute atomic E-state index is 12.9. The number of carbonyl (C=O) groups excluding carboxylic acids is 1. The molecule has 0 saturated heterocycles. The highest BCUT2D eigenvalue weighted by atomic mass is 32.2. The molecule has 1 aromatic heterocycles. The number of hydrogen-bond acceptors (Lipinski definition) is 6. The van der Waals surface area contributed by atoms with Crippen molar-refractivity contribution in [2.45, 2.75) is 4.90 Å². The minimum absolute atomic E-state index is 0.0615. The van der Waals surface area contributed by atoms with Crippen molar-refractivity contribution < 1.29 is 22.7 Å². The van der Waals surface area contributed by atoms with E-state index in [-0.39, 0.29) is 22.2 Å².